The Kier molecular flexibility index (Phi) is 4.06. The molecular formula is C13H12ClNO4. The maximum Gasteiger partial charge on any atom is 0.367 e. The number of methoxy groups -OCH3 is 2. The SMILES string of the molecule is COc1ccc(/C=C2\C(=O)ON=C2CCl)cc1OC. The van der Waals surface area contributed by atoms with Crippen molar-refractivity contribution in [3.05, 3.63) is 29.3 Å². The van der Waals surface area contributed by atoms with Crippen LogP contribution in [0.3, 0.4) is 0 Å². The minimum Gasteiger partial charge on any atom is -0.493 e. The van der Waals surface area contributed by atoms with E-state index in [0.29, 0.717) is 22.8 Å². The third-order valence-corrected chi connectivity index (χ3v) is 2.87. The summed E-state index contributed by atoms with van der Waals surface area (Å²) in [6, 6.07) is 5.30. The average molecular weight is 282 g/mol. The van der Waals surface area contributed by atoms with Gasteiger partial charge in [0, 0.05) is 0 Å². The quantitative estimate of drug-likeness (QED) is 0.482. The van der Waals surface area contributed by atoms with Crippen LogP contribution in [-0.2, 0) is 9.63 Å². The van der Waals surface area contributed by atoms with Crippen LogP contribution in [0.2, 0.25) is 0 Å². The van der Waals surface area contributed by atoms with Gasteiger partial charge in [0.2, 0.25) is 0 Å². The summed E-state index contributed by atoms with van der Waals surface area (Å²) in [7, 11) is 3.10. The molecule has 1 aliphatic heterocycles. The maximum absolute atomic E-state index is 11.5. The first-order chi connectivity index (χ1) is 9.19. The third-order valence-electron chi connectivity index (χ3n) is 2.61. The number of rotatable bonds is 4. The Morgan fingerprint density at radius 2 is 2.05 bits per heavy atom. The molecule has 1 aromatic carbocycles. The highest BCUT2D eigenvalue weighted by Gasteiger charge is 2.24. The van der Waals surface area contributed by atoms with Crippen LogP contribution < -0.4 is 9.47 Å². The molecule has 2 rings (SSSR count). The number of nitrogens with zero attached hydrogens (tertiary/aromatic N) is 1. The van der Waals surface area contributed by atoms with Gasteiger partial charge in [0.25, 0.3) is 0 Å². The van der Waals surface area contributed by atoms with Crippen LogP contribution in [0.15, 0.2) is 28.9 Å². The Balaban J connectivity index is 2.38. The molecular weight excluding hydrogens is 270 g/mol. The van der Waals surface area contributed by atoms with Gasteiger partial charge in [-0.2, -0.15) is 0 Å². The monoisotopic (exact) mass is 281 g/mol. The number of alkyl halides is 1. The van der Waals surface area contributed by atoms with E-state index in [-0.39, 0.29) is 5.88 Å². The Bertz CT molecular complexity index is 566. The fourth-order valence-electron chi connectivity index (χ4n) is 1.66. The van der Waals surface area contributed by atoms with Crippen molar-refractivity contribution < 1.29 is 19.1 Å². The summed E-state index contributed by atoms with van der Waals surface area (Å²) in [4.78, 5) is 16.1. The second kappa shape index (κ2) is 5.75. The lowest BCUT2D eigenvalue weighted by atomic mass is 10.1. The standard InChI is InChI=1S/C13H12ClNO4/c1-17-11-4-3-8(6-12(11)18-2)5-9-10(7-14)15-19-13(9)16/h3-6H,7H2,1-2H3/b9-5-. The first kappa shape index (κ1) is 13.4. The molecule has 19 heavy (non-hydrogen) atoms. The molecule has 0 amide bonds. The first-order valence-electron chi connectivity index (χ1n) is 5.48. The van der Waals surface area contributed by atoms with Gasteiger partial charge in [-0.25, -0.2) is 4.79 Å². The van der Waals surface area contributed by atoms with Crippen LogP contribution in [0.5, 0.6) is 11.5 Å². The molecule has 0 fully saturated rings. The van der Waals surface area contributed by atoms with E-state index in [1.807, 2.05) is 0 Å². The number of carbonyl (C=O) groups excluding carboxylic acids is 1. The lowest BCUT2D eigenvalue weighted by Gasteiger charge is -2.07. The molecule has 0 unspecified atom stereocenters. The van der Waals surface area contributed by atoms with Crippen LogP contribution in [0, 0.1) is 0 Å². The first-order valence-corrected chi connectivity index (χ1v) is 6.01. The number of ether oxygens (including phenoxy) is 2. The molecule has 0 atom stereocenters. The van der Waals surface area contributed by atoms with E-state index in [1.165, 1.54) is 0 Å². The van der Waals surface area contributed by atoms with Gasteiger partial charge < -0.3 is 14.3 Å². The number of hydrogen-bond acceptors (Lipinski definition) is 5. The van der Waals surface area contributed by atoms with E-state index in [4.69, 9.17) is 21.1 Å². The lowest BCUT2D eigenvalue weighted by molar-refractivity contribution is -0.136. The van der Waals surface area contributed by atoms with Crippen LogP contribution in [0.4, 0.5) is 0 Å². The van der Waals surface area contributed by atoms with Crippen molar-refractivity contribution in [2.75, 3.05) is 20.1 Å². The van der Waals surface area contributed by atoms with E-state index in [1.54, 1.807) is 38.5 Å². The van der Waals surface area contributed by atoms with Crippen LogP contribution in [-0.4, -0.2) is 31.8 Å². The molecule has 6 heteroatoms. The van der Waals surface area contributed by atoms with Crippen LogP contribution in [0.1, 0.15) is 5.56 Å². The Morgan fingerprint density at radius 3 is 2.68 bits per heavy atom. The second-order valence-corrected chi connectivity index (χ2v) is 3.99. The Hall–Kier alpha value is -2.01. The summed E-state index contributed by atoms with van der Waals surface area (Å²) in [6.07, 6.45) is 1.65. The van der Waals surface area contributed by atoms with E-state index >= 15 is 0 Å². The molecule has 5 nitrogen and oxygen atoms in total. The van der Waals surface area contributed by atoms with Gasteiger partial charge in [-0.05, 0) is 23.8 Å². The van der Waals surface area contributed by atoms with Gasteiger partial charge in [0.15, 0.2) is 11.5 Å². The fourth-order valence-corrected chi connectivity index (χ4v) is 1.85. The van der Waals surface area contributed by atoms with Crippen molar-refractivity contribution in [2.24, 2.45) is 5.16 Å². The fraction of sp³-hybridized carbons (Fsp3) is 0.231. The van der Waals surface area contributed by atoms with Crippen LogP contribution >= 0.6 is 11.6 Å². The predicted molar refractivity (Wildman–Crippen MR) is 71.8 cm³/mol. The van der Waals surface area contributed by atoms with Gasteiger partial charge in [0.05, 0.1) is 25.7 Å². The van der Waals surface area contributed by atoms with E-state index in [0.717, 1.165) is 5.56 Å². The summed E-state index contributed by atoms with van der Waals surface area (Å²) >= 11 is 5.69. The molecule has 0 saturated carbocycles. The third kappa shape index (κ3) is 2.71. The Morgan fingerprint density at radius 1 is 1.32 bits per heavy atom. The summed E-state index contributed by atoms with van der Waals surface area (Å²) in [5.41, 5.74) is 1.54. The van der Waals surface area contributed by atoms with Crippen molar-refractivity contribution in [2.45, 2.75) is 0 Å². The van der Waals surface area contributed by atoms with Crippen molar-refractivity contribution in [3.8, 4) is 11.5 Å². The van der Waals surface area contributed by atoms with E-state index in [2.05, 4.69) is 9.99 Å². The Labute approximate surface area is 115 Å². The molecule has 1 aliphatic rings. The van der Waals surface area contributed by atoms with E-state index in [9.17, 15) is 4.79 Å². The van der Waals surface area contributed by atoms with Gasteiger partial charge in [0.1, 0.15) is 5.71 Å². The molecule has 100 valence electrons. The average Bonchev–Trinajstić information content (AvgIpc) is 2.79. The van der Waals surface area contributed by atoms with Gasteiger partial charge >= 0.3 is 5.97 Å². The smallest absolute Gasteiger partial charge is 0.367 e. The lowest BCUT2D eigenvalue weighted by Crippen LogP contribution is -2.06. The highest BCUT2D eigenvalue weighted by atomic mass is 35.5. The highest BCUT2D eigenvalue weighted by molar-refractivity contribution is 6.38. The van der Waals surface area contributed by atoms with Crippen LogP contribution in [0.25, 0.3) is 6.08 Å². The largest absolute Gasteiger partial charge is 0.493 e. The topological polar surface area (TPSA) is 57.1 Å². The molecule has 0 aliphatic carbocycles. The second-order valence-electron chi connectivity index (χ2n) is 3.72. The minimum absolute atomic E-state index is 0.116. The van der Waals surface area contributed by atoms with E-state index < -0.39 is 5.97 Å². The van der Waals surface area contributed by atoms with Crippen molar-refractivity contribution >= 4 is 29.4 Å². The number of oxime groups is 1. The zero-order chi connectivity index (χ0) is 13.8. The highest BCUT2D eigenvalue weighted by Crippen LogP contribution is 2.29. The van der Waals surface area contributed by atoms with Crippen molar-refractivity contribution in [3.63, 3.8) is 0 Å². The van der Waals surface area contributed by atoms with Gasteiger partial charge in [-0.3, -0.25) is 0 Å². The van der Waals surface area contributed by atoms with Gasteiger partial charge in [-0.15, -0.1) is 11.6 Å². The number of carbonyl (C=O) groups is 1. The number of halogens is 1. The molecule has 0 bridgehead atoms. The molecule has 0 aromatic heterocycles. The molecule has 0 N–H and O–H groups in total. The molecule has 0 saturated heterocycles. The summed E-state index contributed by atoms with van der Waals surface area (Å²) < 4.78 is 10.3. The molecule has 1 aromatic rings. The normalized spacial score (nSPS) is 16.3. The van der Waals surface area contributed by atoms with Crippen molar-refractivity contribution in [1.82, 2.24) is 0 Å². The predicted octanol–water partition coefficient (Wildman–Crippen LogP) is 2.24. The number of hydrogen-bond donors (Lipinski definition) is 0. The van der Waals surface area contributed by atoms with Gasteiger partial charge in [-0.1, -0.05) is 11.2 Å². The summed E-state index contributed by atoms with van der Waals surface area (Å²) in [5.74, 6) is 0.799. The number of benzene rings is 1. The summed E-state index contributed by atoms with van der Waals surface area (Å²) in [6.45, 7) is 0. The van der Waals surface area contributed by atoms with Crippen molar-refractivity contribution in [1.29, 1.82) is 0 Å². The molecule has 0 spiro atoms. The maximum atomic E-state index is 11.5. The summed E-state index contributed by atoms with van der Waals surface area (Å²) in [5, 5.41) is 3.60. The zero-order valence-corrected chi connectivity index (χ0v) is 11.2. The molecule has 0 radical (unpaired) electrons. The zero-order valence-electron chi connectivity index (χ0n) is 10.5. The minimum atomic E-state index is -0.509. The molecule has 1 heterocycles.